The van der Waals surface area contributed by atoms with Crippen molar-refractivity contribution in [3.63, 3.8) is 0 Å². The molecule has 0 saturated carbocycles. The van der Waals surface area contributed by atoms with Crippen LogP contribution in [-0.4, -0.2) is 51.8 Å². The lowest BCUT2D eigenvalue weighted by atomic mass is 9.93. The first-order valence-electron chi connectivity index (χ1n) is 8.64. The SMILES string of the molecule is CC1CN(C(=O)C(C)(C)C)CC(C)(F)N1C(=O)OCc1cccc(O)c1. The largest absolute Gasteiger partial charge is 0.508 e. The molecule has 0 aliphatic carbocycles. The third-order valence-corrected chi connectivity index (χ3v) is 4.31. The minimum Gasteiger partial charge on any atom is -0.508 e. The fourth-order valence-electron chi connectivity index (χ4n) is 3.21. The molecule has 1 N–H and O–H groups in total. The number of phenols is 1. The fraction of sp³-hybridized carbons (Fsp3) is 0.579. The lowest BCUT2D eigenvalue weighted by Gasteiger charge is -2.48. The molecule has 2 unspecified atom stereocenters. The number of hydrogen-bond acceptors (Lipinski definition) is 4. The number of phenolic OH excluding ortho intramolecular Hbond substituents is 1. The van der Waals surface area contributed by atoms with Gasteiger partial charge in [-0.3, -0.25) is 9.69 Å². The summed E-state index contributed by atoms with van der Waals surface area (Å²) in [6.07, 6.45) is -0.784. The second-order valence-corrected chi connectivity index (χ2v) is 8.02. The topological polar surface area (TPSA) is 70.1 Å². The molecule has 1 fully saturated rings. The molecular formula is C19H27FN2O4. The number of alkyl halides is 1. The summed E-state index contributed by atoms with van der Waals surface area (Å²) in [4.78, 5) is 27.4. The molecule has 1 heterocycles. The van der Waals surface area contributed by atoms with Gasteiger partial charge in [0.2, 0.25) is 11.7 Å². The van der Waals surface area contributed by atoms with E-state index in [2.05, 4.69) is 0 Å². The molecule has 2 amide bonds. The molecule has 1 aliphatic heterocycles. The molecule has 7 heteroatoms. The molecule has 2 rings (SSSR count). The minimum atomic E-state index is -2.03. The van der Waals surface area contributed by atoms with Gasteiger partial charge in [-0.1, -0.05) is 32.9 Å². The molecule has 0 bridgehead atoms. The number of amides is 2. The Balaban J connectivity index is 2.07. The fourth-order valence-corrected chi connectivity index (χ4v) is 3.21. The molecule has 0 aromatic heterocycles. The van der Waals surface area contributed by atoms with Crippen LogP contribution in [0, 0.1) is 5.41 Å². The van der Waals surface area contributed by atoms with Crippen molar-refractivity contribution in [3.8, 4) is 5.75 Å². The highest BCUT2D eigenvalue weighted by molar-refractivity contribution is 5.82. The second-order valence-electron chi connectivity index (χ2n) is 8.02. The highest BCUT2D eigenvalue weighted by Crippen LogP contribution is 2.30. The first-order valence-corrected chi connectivity index (χ1v) is 8.64. The molecule has 0 spiro atoms. The van der Waals surface area contributed by atoms with Gasteiger partial charge in [0.05, 0.1) is 12.6 Å². The molecule has 1 aromatic carbocycles. The Labute approximate surface area is 153 Å². The van der Waals surface area contributed by atoms with Crippen LogP contribution in [-0.2, 0) is 16.1 Å². The van der Waals surface area contributed by atoms with Gasteiger partial charge in [-0.15, -0.1) is 0 Å². The van der Waals surface area contributed by atoms with Gasteiger partial charge in [-0.2, -0.15) is 0 Å². The van der Waals surface area contributed by atoms with Gasteiger partial charge in [-0.25, -0.2) is 9.18 Å². The van der Waals surface area contributed by atoms with Gasteiger partial charge >= 0.3 is 6.09 Å². The van der Waals surface area contributed by atoms with Crippen LogP contribution in [0.3, 0.4) is 0 Å². The number of rotatable bonds is 2. The second kappa shape index (κ2) is 7.13. The van der Waals surface area contributed by atoms with E-state index in [0.29, 0.717) is 5.56 Å². The number of carbonyl (C=O) groups is 2. The molecule has 2 atom stereocenters. The highest BCUT2D eigenvalue weighted by Gasteiger charge is 2.48. The summed E-state index contributed by atoms with van der Waals surface area (Å²) in [7, 11) is 0. The normalized spacial score (nSPS) is 23.7. The molecule has 26 heavy (non-hydrogen) atoms. The van der Waals surface area contributed by atoms with Crippen LogP contribution in [0.25, 0.3) is 0 Å². The van der Waals surface area contributed by atoms with E-state index in [4.69, 9.17) is 4.74 Å². The van der Waals surface area contributed by atoms with E-state index < -0.39 is 23.3 Å². The van der Waals surface area contributed by atoms with Crippen LogP contribution < -0.4 is 0 Å². The Hall–Kier alpha value is -2.31. The van der Waals surface area contributed by atoms with Crippen molar-refractivity contribution in [1.82, 2.24) is 9.80 Å². The summed E-state index contributed by atoms with van der Waals surface area (Å²) >= 11 is 0. The van der Waals surface area contributed by atoms with Crippen molar-refractivity contribution in [2.45, 2.75) is 53.1 Å². The van der Waals surface area contributed by atoms with E-state index in [1.54, 1.807) is 39.8 Å². The van der Waals surface area contributed by atoms with E-state index >= 15 is 4.39 Å². The van der Waals surface area contributed by atoms with E-state index in [1.807, 2.05) is 0 Å². The number of hydrogen-bond donors (Lipinski definition) is 1. The molecule has 6 nitrogen and oxygen atoms in total. The van der Waals surface area contributed by atoms with Crippen LogP contribution in [0.2, 0.25) is 0 Å². The number of ether oxygens (including phenoxy) is 1. The van der Waals surface area contributed by atoms with Crippen molar-refractivity contribution in [3.05, 3.63) is 29.8 Å². The molecule has 1 aromatic rings. The van der Waals surface area contributed by atoms with E-state index in [1.165, 1.54) is 24.0 Å². The maximum atomic E-state index is 15.2. The van der Waals surface area contributed by atoms with Gasteiger partial charge in [0.1, 0.15) is 12.4 Å². The van der Waals surface area contributed by atoms with Crippen LogP contribution in [0.5, 0.6) is 5.75 Å². The summed E-state index contributed by atoms with van der Waals surface area (Å²) in [5.74, 6) is -2.12. The maximum Gasteiger partial charge on any atom is 0.412 e. The maximum absolute atomic E-state index is 15.2. The van der Waals surface area contributed by atoms with E-state index in [9.17, 15) is 14.7 Å². The van der Waals surface area contributed by atoms with Crippen molar-refractivity contribution in [2.24, 2.45) is 5.41 Å². The van der Waals surface area contributed by atoms with Crippen LogP contribution >= 0.6 is 0 Å². The van der Waals surface area contributed by atoms with Crippen molar-refractivity contribution in [1.29, 1.82) is 0 Å². The van der Waals surface area contributed by atoms with Gasteiger partial charge in [-0.05, 0) is 31.5 Å². The zero-order valence-electron chi connectivity index (χ0n) is 16.0. The van der Waals surface area contributed by atoms with Gasteiger partial charge in [0.15, 0.2) is 0 Å². The minimum absolute atomic E-state index is 0.0663. The zero-order valence-corrected chi connectivity index (χ0v) is 16.0. The zero-order chi connectivity index (χ0) is 19.7. The third kappa shape index (κ3) is 4.45. The smallest absolute Gasteiger partial charge is 0.412 e. The monoisotopic (exact) mass is 366 g/mol. The summed E-state index contributed by atoms with van der Waals surface area (Å²) in [6, 6.07) is 5.80. The molecule has 144 valence electrons. The van der Waals surface area contributed by atoms with Crippen LogP contribution in [0.15, 0.2) is 24.3 Å². The highest BCUT2D eigenvalue weighted by atomic mass is 19.1. The van der Waals surface area contributed by atoms with Crippen molar-refractivity contribution >= 4 is 12.0 Å². The lowest BCUT2D eigenvalue weighted by molar-refractivity contribution is -0.154. The Morgan fingerprint density at radius 3 is 2.58 bits per heavy atom. The number of aromatic hydroxyl groups is 1. The average Bonchev–Trinajstić information content (AvgIpc) is 2.49. The van der Waals surface area contributed by atoms with Crippen molar-refractivity contribution in [2.75, 3.05) is 13.1 Å². The number of piperazine rings is 1. The van der Waals surface area contributed by atoms with Gasteiger partial charge < -0.3 is 14.7 Å². The number of benzene rings is 1. The molecule has 1 aliphatic rings. The first kappa shape index (κ1) is 20.0. The van der Waals surface area contributed by atoms with Crippen molar-refractivity contribution < 1.29 is 23.8 Å². The van der Waals surface area contributed by atoms with Gasteiger partial charge in [0.25, 0.3) is 0 Å². The van der Waals surface area contributed by atoms with Crippen LogP contribution in [0.1, 0.15) is 40.2 Å². The summed E-state index contributed by atoms with van der Waals surface area (Å²) < 4.78 is 20.4. The molecule has 0 radical (unpaired) electrons. The quantitative estimate of drug-likeness (QED) is 0.816. The number of carbonyl (C=O) groups excluding carboxylic acids is 2. The third-order valence-electron chi connectivity index (χ3n) is 4.31. The molecular weight excluding hydrogens is 339 g/mol. The standard InChI is InChI=1S/C19H27FN2O4/c1-13-10-21(16(24)18(2,3)4)12-19(5,20)22(13)17(25)26-11-14-7-6-8-15(23)9-14/h6-9,13,23H,10-12H2,1-5H3. The summed E-state index contributed by atoms with van der Waals surface area (Å²) in [5.41, 5.74) is -0.0125. The van der Waals surface area contributed by atoms with Gasteiger partial charge in [0, 0.05) is 12.0 Å². The predicted octanol–water partition coefficient (Wildman–Crippen LogP) is 3.29. The van der Waals surface area contributed by atoms with E-state index in [-0.39, 0.29) is 31.4 Å². The lowest BCUT2D eigenvalue weighted by Crippen LogP contribution is -2.66. The Kier molecular flexibility index (Phi) is 5.49. The van der Waals surface area contributed by atoms with E-state index in [0.717, 1.165) is 4.90 Å². The average molecular weight is 366 g/mol. The molecule has 1 saturated heterocycles. The number of halogens is 1. The first-order chi connectivity index (χ1) is 11.9. The predicted molar refractivity (Wildman–Crippen MR) is 95.1 cm³/mol. The summed E-state index contributed by atoms with van der Waals surface area (Å²) in [5, 5.41) is 9.45. The van der Waals surface area contributed by atoms with Crippen LogP contribution in [0.4, 0.5) is 9.18 Å². The number of nitrogens with zero attached hydrogens (tertiary/aromatic N) is 2. The Bertz CT molecular complexity index is 684. The summed E-state index contributed by atoms with van der Waals surface area (Å²) in [6.45, 7) is 8.29. The Morgan fingerprint density at radius 2 is 2.04 bits per heavy atom. The Morgan fingerprint density at radius 1 is 1.38 bits per heavy atom.